The summed E-state index contributed by atoms with van der Waals surface area (Å²) in [5, 5.41) is 0. The third-order valence-electron chi connectivity index (χ3n) is 1.19. The fraction of sp³-hybridized carbons (Fsp3) is 0.250. The zero-order valence-electron chi connectivity index (χ0n) is 8.85. The van der Waals surface area contributed by atoms with Gasteiger partial charge in [0.05, 0.1) is 18.8 Å². The van der Waals surface area contributed by atoms with Crippen molar-refractivity contribution in [2.45, 2.75) is 12.2 Å². The summed E-state index contributed by atoms with van der Waals surface area (Å²) in [7, 11) is -4.93. The Hall–Kier alpha value is -1.31. The third kappa shape index (κ3) is 4.17. The molecule has 0 amide bonds. The number of halogens is 4. The summed E-state index contributed by atoms with van der Waals surface area (Å²) in [6, 6.07) is 0. The summed E-state index contributed by atoms with van der Waals surface area (Å²) in [4.78, 5) is 0. The van der Waals surface area contributed by atoms with Crippen molar-refractivity contribution in [3.8, 4) is 0 Å². The fourth-order valence-corrected chi connectivity index (χ4v) is 1.69. The summed E-state index contributed by atoms with van der Waals surface area (Å²) >= 11 is 0. The number of phosphoric ester groups is 1. The first-order valence-electron chi connectivity index (χ1n) is 4.08. The number of rotatable bonds is 4. The maximum absolute atomic E-state index is 12.2. The highest BCUT2D eigenvalue weighted by Crippen LogP contribution is 2.66. The zero-order valence-corrected chi connectivity index (χ0v) is 9.75. The number of ether oxygens (including phenoxy) is 1. The Labute approximate surface area is 99.9 Å². The second-order valence-electron chi connectivity index (χ2n) is 2.40. The van der Waals surface area contributed by atoms with Gasteiger partial charge in [-0.05, 0) is 0 Å². The molecule has 0 atom stereocenters. The lowest BCUT2D eigenvalue weighted by Gasteiger charge is -2.10. The average molecular weight is 292 g/mol. The van der Waals surface area contributed by atoms with Gasteiger partial charge >= 0.3 is 20.0 Å². The van der Waals surface area contributed by atoms with Gasteiger partial charge < -0.3 is 9.26 Å². The minimum absolute atomic E-state index is 0.401. The van der Waals surface area contributed by atoms with Crippen molar-refractivity contribution in [2.75, 3.05) is 0 Å². The van der Waals surface area contributed by atoms with E-state index < -0.39 is 20.0 Å². The molecule has 1 fully saturated rings. The van der Waals surface area contributed by atoms with Gasteiger partial charge in [-0.1, -0.05) is 19.7 Å². The average Bonchev–Trinajstić information content (AvgIpc) is 2.32. The molecule has 10 heteroatoms. The van der Waals surface area contributed by atoms with E-state index in [-0.39, 0.29) is 0 Å². The summed E-state index contributed by atoms with van der Waals surface area (Å²) < 4.78 is 73.8. The number of hydrogen-bond acceptors (Lipinski definition) is 5. The van der Waals surface area contributed by atoms with Crippen LogP contribution in [0.5, 0.6) is 0 Å². The van der Waals surface area contributed by atoms with Crippen LogP contribution in [-0.4, -0.2) is 12.2 Å². The minimum atomic E-state index is -4.97. The number of alkyl halides is 4. The second-order valence-corrected chi connectivity index (χ2v) is 3.88. The van der Waals surface area contributed by atoms with Crippen LogP contribution in [0.3, 0.4) is 0 Å². The lowest BCUT2D eigenvalue weighted by atomic mass is 10.6. The van der Waals surface area contributed by atoms with Crippen molar-refractivity contribution in [3.05, 3.63) is 38.5 Å². The lowest BCUT2D eigenvalue weighted by Crippen LogP contribution is -2.36. The molecule has 0 radical (unpaired) electrons. The molecule has 0 aromatic carbocycles. The highest BCUT2D eigenvalue weighted by molar-refractivity contribution is 7.48. The molecule has 0 saturated carbocycles. The first-order valence-corrected chi connectivity index (χ1v) is 5.54. The molecule has 18 heavy (non-hydrogen) atoms. The molecule has 0 bridgehead atoms. The molecule has 1 heterocycles. The Morgan fingerprint density at radius 1 is 0.944 bits per heavy atom. The van der Waals surface area contributed by atoms with Gasteiger partial charge in [0, 0.05) is 0 Å². The van der Waals surface area contributed by atoms with E-state index in [1.54, 1.807) is 0 Å². The molecule has 5 nitrogen and oxygen atoms in total. The van der Waals surface area contributed by atoms with E-state index >= 15 is 0 Å². The van der Waals surface area contributed by atoms with Crippen LogP contribution in [0.4, 0.5) is 17.6 Å². The van der Waals surface area contributed by atoms with Crippen LogP contribution in [0.1, 0.15) is 0 Å². The molecule has 1 aliphatic rings. The van der Waals surface area contributed by atoms with E-state index in [1.807, 2.05) is 0 Å². The van der Waals surface area contributed by atoms with Gasteiger partial charge in [-0.2, -0.15) is 17.6 Å². The molecule has 104 valence electrons. The Morgan fingerprint density at radius 2 is 1.33 bits per heavy atom. The van der Waals surface area contributed by atoms with Gasteiger partial charge in [0.1, 0.15) is 0 Å². The zero-order chi connectivity index (χ0) is 14.4. The molecule has 0 spiro atoms. The summed E-state index contributed by atoms with van der Waals surface area (Å²) in [6.07, 6.45) is -6.91. The monoisotopic (exact) mass is 292 g/mol. The van der Waals surface area contributed by atoms with Crippen LogP contribution >= 0.6 is 7.82 Å². The molecule has 0 N–H and O–H groups in total. The molecule has 0 aliphatic carbocycles. The summed E-state index contributed by atoms with van der Waals surface area (Å²) in [6.45, 7) is 9.33. The molecule has 1 saturated heterocycles. The van der Waals surface area contributed by atoms with E-state index in [0.29, 0.717) is 6.26 Å². The summed E-state index contributed by atoms with van der Waals surface area (Å²) in [5.41, 5.74) is 0. The van der Waals surface area contributed by atoms with Crippen molar-refractivity contribution >= 4 is 7.82 Å². The third-order valence-corrected chi connectivity index (χ3v) is 2.50. The molecule has 0 unspecified atom stereocenters. The van der Waals surface area contributed by atoms with E-state index in [1.165, 1.54) is 12.5 Å². The van der Waals surface area contributed by atoms with Crippen molar-refractivity contribution in [1.82, 2.24) is 0 Å². The van der Waals surface area contributed by atoms with Crippen molar-refractivity contribution in [1.29, 1.82) is 0 Å². The van der Waals surface area contributed by atoms with E-state index in [2.05, 4.69) is 38.0 Å². The first-order chi connectivity index (χ1) is 8.14. The van der Waals surface area contributed by atoms with Gasteiger partial charge in [-0.15, -0.1) is 0 Å². The maximum atomic E-state index is 12.2. The van der Waals surface area contributed by atoms with Crippen LogP contribution in [0.2, 0.25) is 0 Å². The highest BCUT2D eigenvalue weighted by Gasteiger charge is 2.73. The predicted molar refractivity (Wildman–Crippen MR) is 52.4 cm³/mol. The van der Waals surface area contributed by atoms with E-state index in [0.717, 1.165) is 0 Å². The van der Waals surface area contributed by atoms with Crippen LogP contribution in [0.25, 0.3) is 0 Å². The quantitative estimate of drug-likeness (QED) is 0.448. The van der Waals surface area contributed by atoms with Crippen LogP contribution in [-0.2, 0) is 22.9 Å². The normalized spacial score (nSPS) is 22.0. The van der Waals surface area contributed by atoms with Crippen LogP contribution in [0, 0.1) is 0 Å². The molecular weight excluding hydrogens is 283 g/mol. The van der Waals surface area contributed by atoms with Gasteiger partial charge in [-0.25, -0.2) is 13.6 Å². The van der Waals surface area contributed by atoms with Gasteiger partial charge in [0.25, 0.3) is 0 Å². The molecule has 1 rings (SSSR count). The second kappa shape index (κ2) is 6.03. The first kappa shape index (κ1) is 16.7. The van der Waals surface area contributed by atoms with E-state index in [4.69, 9.17) is 0 Å². The summed E-state index contributed by atoms with van der Waals surface area (Å²) in [5.74, 6) is 0. The van der Waals surface area contributed by atoms with Gasteiger partial charge in [-0.3, -0.25) is 0 Å². The lowest BCUT2D eigenvalue weighted by molar-refractivity contribution is -0.344. The standard InChI is InChI=1S/C4H3F4O4P.C4H6O/c1-2-10-13(9)11-3(5,6)4(7,8)12-13;1-3-5-4-2/h2H,1H2;3-4H,1-2H2. The van der Waals surface area contributed by atoms with Crippen LogP contribution in [0.15, 0.2) is 38.5 Å². The van der Waals surface area contributed by atoms with Crippen molar-refractivity contribution < 1.29 is 40.4 Å². The Balaban J connectivity index is 0.000000494. The maximum Gasteiger partial charge on any atom is 0.539 e. The Morgan fingerprint density at radius 3 is 1.56 bits per heavy atom. The van der Waals surface area contributed by atoms with E-state index in [9.17, 15) is 22.1 Å². The molecule has 0 aromatic heterocycles. The number of phosphoric acid groups is 1. The predicted octanol–water partition coefficient (Wildman–Crippen LogP) is 3.78. The topological polar surface area (TPSA) is 54.0 Å². The van der Waals surface area contributed by atoms with Crippen molar-refractivity contribution in [2.24, 2.45) is 0 Å². The molecule has 1 aliphatic heterocycles. The van der Waals surface area contributed by atoms with Crippen molar-refractivity contribution in [3.63, 3.8) is 0 Å². The van der Waals surface area contributed by atoms with Gasteiger partial charge in [0.2, 0.25) is 0 Å². The largest absolute Gasteiger partial charge is 0.539 e. The molecular formula is C8H9F4O5P. The van der Waals surface area contributed by atoms with Crippen LogP contribution < -0.4 is 0 Å². The smallest absolute Gasteiger partial charge is 0.474 e. The Bertz CT molecular complexity index is 344. The Kier molecular flexibility index (Phi) is 5.59. The fourth-order valence-electron chi connectivity index (χ4n) is 0.608. The number of hydrogen-bond donors (Lipinski definition) is 0. The SMILES string of the molecule is C=COC=C.C=COP1(=O)OC(F)(F)C(F)(F)O1. The van der Waals surface area contributed by atoms with Gasteiger partial charge in [0.15, 0.2) is 0 Å². The minimum Gasteiger partial charge on any atom is -0.474 e. The highest BCUT2D eigenvalue weighted by atomic mass is 31.2. The molecule has 0 aromatic rings.